The minimum Gasteiger partial charge on any atom is -0.306 e. The fourth-order valence-electron chi connectivity index (χ4n) is 1.09. The van der Waals surface area contributed by atoms with Gasteiger partial charge in [0.05, 0.1) is 18.0 Å². The van der Waals surface area contributed by atoms with Crippen molar-refractivity contribution >= 4 is 5.52 Å². The third-order valence-corrected chi connectivity index (χ3v) is 1.66. The monoisotopic (exact) mass is 222 g/mol. The van der Waals surface area contributed by atoms with Crippen LogP contribution in [0, 0.1) is 6.92 Å². The number of rotatable bonds is 0. The number of imidazole rings is 1. The molecule has 0 N–H and O–H groups in total. The van der Waals surface area contributed by atoms with Crippen molar-refractivity contribution in [3.05, 3.63) is 36.4 Å². The van der Waals surface area contributed by atoms with Gasteiger partial charge in [-0.3, -0.25) is 0 Å². The highest BCUT2D eigenvalue weighted by Crippen LogP contribution is 2.06. The third-order valence-electron chi connectivity index (χ3n) is 1.66. The van der Waals surface area contributed by atoms with Gasteiger partial charge in [-0.2, -0.15) is 0 Å². The highest BCUT2D eigenvalue weighted by Gasteiger charge is 1.92. The minimum absolute atomic E-state index is 1.18. The van der Waals surface area contributed by atoms with Crippen molar-refractivity contribution in [3.8, 4) is 0 Å². The van der Waals surface area contributed by atoms with Gasteiger partial charge in [0.25, 0.3) is 0 Å². The van der Waals surface area contributed by atoms with Crippen molar-refractivity contribution < 1.29 is 0 Å². The Bertz CT molecular complexity index is 350. The molecule has 2 heterocycles. The number of aromatic nitrogens is 2. The van der Waals surface area contributed by atoms with Crippen LogP contribution in [0.25, 0.3) is 5.52 Å². The molecule has 2 aromatic heterocycles. The lowest BCUT2D eigenvalue weighted by molar-refractivity contribution is 1.14. The van der Waals surface area contributed by atoms with Gasteiger partial charge in [0, 0.05) is 6.20 Å². The molecule has 2 aromatic rings. The van der Waals surface area contributed by atoms with Gasteiger partial charge in [-0.05, 0) is 18.6 Å². The Balaban J connectivity index is 0. The van der Waals surface area contributed by atoms with E-state index in [9.17, 15) is 0 Å². The summed E-state index contributed by atoms with van der Waals surface area (Å²) in [6.07, 6.45) is 5.67. The molecule has 0 bridgehead atoms. The number of pyridine rings is 1. The van der Waals surface area contributed by atoms with Gasteiger partial charge in [-0.15, -0.1) is 0 Å². The van der Waals surface area contributed by atoms with Crippen LogP contribution in [0.5, 0.6) is 0 Å². The van der Waals surface area contributed by atoms with Crippen LogP contribution < -0.4 is 0 Å². The van der Waals surface area contributed by atoms with Crippen LogP contribution in [0.3, 0.4) is 0 Å². The topological polar surface area (TPSA) is 17.3 Å². The molecule has 0 aliphatic heterocycles. The Hall–Kier alpha value is -1.31. The minimum atomic E-state index is 1.18. The Kier molecular flexibility index (Phi) is 12.6. The lowest BCUT2D eigenvalue weighted by Gasteiger charge is -1.94. The second-order valence-corrected chi connectivity index (χ2v) is 2.38. The predicted octanol–water partition coefficient (Wildman–Crippen LogP) is 4.72. The summed E-state index contributed by atoms with van der Waals surface area (Å²) in [7, 11) is 0. The fraction of sp³-hybridized carbons (Fsp3) is 0.500. The molecule has 2 nitrogen and oxygen atoms in total. The summed E-state index contributed by atoms with van der Waals surface area (Å²) in [5.41, 5.74) is 2.45. The van der Waals surface area contributed by atoms with Gasteiger partial charge < -0.3 is 4.40 Å². The summed E-state index contributed by atoms with van der Waals surface area (Å²) >= 11 is 0. The van der Waals surface area contributed by atoms with E-state index >= 15 is 0 Å². The number of nitrogens with zero attached hydrogens (tertiary/aromatic N) is 2. The number of hydrogen-bond acceptors (Lipinski definition) is 1. The van der Waals surface area contributed by atoms with E-state index in [1.54, 1.807) is 0 Å². The van der Waals surface area contributed by atoms with Crippen LogP contribution in [0.1, 0.15) is 47.1 Å². The summed E-state index contributed by atoms with van der Waals surface area (Å²) in [4.78, 5) is 4.03. The zero-order valence-corrected chi connectivity index (χ0v) is 11.8. The maximum Gasteiger partial charge on any atom is 0.0992 e. The molecule has 0 aromatic carbocycles. The second-order valence-electron chi connectivity index (χ2n) is 2.38. The van der Waals surface area contributed by atoms with E-state index in [1.165, 1.54) is 11.1 Å². The lowest BCUT2D eigenvalue weighted by atomic mass is 10.3. The normalized spacial score (nSPS) is 7.69. The first-order chi connectivity index (χ1) is 7.88. The molecule has 2 rings (SSSR count). The fourth-order valence-corrected chi connectivity index (χ4v) is 1.09. The second kappa shape index (κ2) is 11.8. The Morgan fingerprint density at radius 1 is 1.00 bits per heavy atom. The van der Waals surface area contributed by atoms with E-state index in [2.05, 4.69) is 18.0 Å². The zero-order chi connectivity index (χ0) is 13.0. The summed E-state index contributed by atoms with van der Waals surface area (Å²) in [5.74, 6) is 0. The van der Waals surface area contributed by atoms with Crippen LogP contribution in [0.15, 0.2) is 30.9 Å². The van der Waals surface area contributed by atoms with Gasteiger partial charge >= 0.3 is 0 Å². The quantitative estimate of drug-likeness (QED) is 0.630. The number of fused-ring (bicyclic) bond motifs is 1. The average Bonchev–Trinajstić information content (AvgIpc) is 2.87. The maximum absolute atomic E-state index is 4.03. The van der Waals surface area contributed by atoms with Crippen LogP contribution in [0.4, 0.5) is 0 Å². The van der Waals surface area contributed by atoms with Crippen LogP contribution in [-0.4, -0.2) is 9.38 Å². The third kappa shape index (κ3) is 4.96. The molecule has 0 saturated heterocycles. The van der Waals surface area contributed by atoms with E-state index in [0.29, 0.717) is 0 Å². The van der Waals surface area contributed by atoms with Crippen molar-refractivity contribution in [1.29, 1.82) is 0 Å². The highest BCUT2D eigenvalue weighted by atomic mass is 15.0. The molecule has 0 spiro atoms. The molecule has 0 unspecified atom stereocenters. The standard InChI is InChI=1S/C8H8N2.3C2H6/c1-7-3-2-4-10-6-9-5-8(7)10;3*1-2/h2-6H,1H3;3*1-2H3. The average molecular weight is 222 g/mol. The van der Waals surface area contributed by atoms with Crippen molar-refractivity contribution in [3.63, 3.8) is 0 Å². The zero-order valence-electron chi connectivity index (χ0n) is 11.8. The summed E-state index contributed by atoms with van der Waals surface area (Å²) in [6.45, 7) is 14.1. The molecule has 0 saturated carbocycles. The van der Waals surface area contributed by atoms with Crippen molar-refractivity contribution in [2.45, 2.75) is 48.5 Å². The number of aryl methyl sites for hydroxylation is 1. The van der Waals surface area contributed by atoms with Gasteiger partial charge in [-0.1, -0.05) is 47.6 Å². The molecular weight excluding hydrogens is 196 g/mol. The number of hydrogen-bond donors (Lipinski definition) is 0. The molecule has 92 valence electrons. The van der Waals surface area contributed by atoms with E-state index < -0.39 is 0 Å². The van der Waals surface area contributed by atoms with Gasteiger partial charge in [0.15, 0.2) is 0 Å². The first kappa shape index (κ1) is 17.1. The van der Waals surface area contributed by atoms with Crippen LogP contribution in [0.2, 0.25) is 0 Å². The Morgan fingerprint density at radius 3 is 2.06 bits per heavy atom. The molecule has 0 aliphatic carbocycles. The predicted molar refractivity (Wildman–Crippen MR) is 74.0 cm³/mol. The molecule has 0 aliphatic rings. The molecular formula is C14H26N2. The maximum atomic E-state index is 4.03. The molecule has 0 amide bonds. The molecule has 2 heteroatoms. The first-order valence-electron chi connectivity index (χ1n) is 6.25. The summed E-state index contributed by atoms with van der Waals surface area (Å²) < 4.78 is 2.01. The highest BCUT2D eigenvalue weighted by molar-refractivity contribution is 5.51. The van der Waals surface area contributed by atoms with Gasteiger partial charge in [-0.25, -0.2) is 4.98 Å². The summed E-state index contributed by atoms with van der Waals surface area (Å²) in [6, 6.07) is 4.10. The van der Waals surface area contributed by atoms with E-state index in [-0.39, 0.29) is 0 Å². The van der Waals surface area contributed by atoms with Crippen molar-refractivity contribution in [2.75, 3.05) is 0 Å². The van der Waals surface area contributed by atoms with Crippen LogP contribution >= 0.6 is 0 Å². The molecule has 0 atom stereocenters. The summed E-state index contributed by atoms with van der Waals surface area (Å²) in [5, 5.41) is 0. The van der Waals surface area contributed by atoms with Gasteiger partial charge in [0.2, 0.25) is 0 Å². The van der Waals surface area contributed by atoms with E-state index in [4.69, 9.17) is 0 Å². The van der Waals surface area contributed by atoms with Crippen molar-refractivity contribution in [2.24, 2.45) is 0 Å². The largest absolute Gasteiger partial charge is 0.306 e. The SMILES string of the molecule is CC.CC.CC.Cc1cccn2cncc12. The molecule has 0 radical (unpaired) electrons. The van der Waals surface area contributed by atoms with E-state index in [0.717, 1.165) is 0 Å². The van der Waals surface area contributed by atoms with Gasteiger partial charge in [0.1, 0.15) is 0 Å². The lowest BCUT2D eigenvalue weighted by Crippen LogP contribution is -1.81. The molecule has 16 heavy (non-hydrogen) atoms. The Morgan fingerprint density at radius 2 is 1.56 bits per heavy atom. The first-order valence-corrected chi connectivity index (χ1v) is 6.25. The van der Waals surface area contributed by atoms with Crippen LogP contribution in [-0.2, 0) is 0 Å². The van der Waals surface area contributed by atoms with Crippen molar-refractivity contribution in [1.82, 2.24) is 9.38 Å². The molecule has 0 fully saturated rings. The smallest absolute Gasteiger partial charge is 0.0992 e. The Labute approximate surface area is 100 Å². The van der Waals surface area contributed by atoms with E-state index in [1.807, 2.05) is 70.7 Å².